The van der Waals surface area contributed by atoms with E-state index in [1.165, 1.54) is 0 Å². The van der Waals surface area contributed by atoms with E-state index in [1.54, 1.807) is 11.3 Å². The lowest BCUT2D eigenvalue weighted by molar-refractivity contribution is 0.439. The zero-order valence-electron chi connectivity index (χ0n) is 11.0. The van der Waals surface area contributed by atoms with Gasteiger partial charge in [0, 0.05) is 4.47 Å². The molecule has 102 valence electrons. The Balaban J connectivity index is 2.19. The van der Waals surface area contributed by atoms with Crippen molar-refractivity contribution in [3.05, 3.63) is 39.4 Å². The molecular weight excluding hydrogens is 338 g/mol. The Morgan fingerprint density at radius 2 is 1.90 bits per heavy atom. The minimum Gasteiger partial charge on any atom is -0.367 e. The molecule has 3 aromatic rings. The second-order valence-electron chi connectivity index (χ2n) is 4.42. The maximum Gasteiger partial charge on any atom is 0.230 e. The van der Waals surface area contributed by atoms with Gasteiger partial charge in [0.15, 0.2) is 0 Å². The van der Waals surface area contributed by atoms with Crippen molar-refractivity contribution in [2.75, 3.05) is 5.73 Å². The molecule has 3 rings (SSSR count). The lowest BCUT2D eigenvalue weighted by Crippen LogP contribution is -1.87. The largest absolute Gasteiger partial charge is 0.367 e. The van der Waals surface area contributed by atoms with Crippen LogP contribution in [0.1, 0.15) is 10.7 Å². The van der Waals surface area contributed by atoms with Gasteiger partial charge in [-0.3, -0.25) is 0 Å². The van der Waals surface area contributed by atoms with Crippen LogP contribution in [0.4, 0.5) is 5.88 Å². The smallest absolute Gasteiger partial charge is 0.230 e. The molecule has 0 saturated heterocycles. The maximum atomic E-state index is 5.95. The van der Waals surface area contributed by atoms with Crippen LogP contribution in [0.25, 0.3) is 21.7 Å². The summed E-state index contributed by atoms with van der Waals surface area (Å²) >= 11 is 5.02. The lowest BCUT2D eigenvalue weighted by atomic mass is 10.0. The topological polar surface area (TPSA) is 64.9 Å². The molecule has 0 aliphatic carbocycles. The molecule has 4 nitrogen and oxygen atoms in total. The molecule has 0 spiro atoms. The average molecular weight is 350 g/mol. The first-order chi connectivity index (χ1) is 9.56. The van der Waals surface area contributed by atoms with Gasteiger partial charge < -0.3 is 10.3 Å². The van der Waals surface area contributed by atoms with Crippen molar-refractivity contribution in [3.63, 3.8) is 0 Å². The Morgan fingerprint density at radius 3 is 2.50 bits per heavy atom. The Bertz CT molecular complexity index is 761. The monoisotopic (exact) mass is 349 g/mol. The minimum absolute atomic E-state index is 0.327. The van der Waals surface area contributed by atoms with Crippen LogP contribution < -0.4 is 5.73 Å². The van der Waals surface area contributed by atoms with E-state index < -0.39 is 0 Å². The fraction of sp³-hybridized carbons (Fsp3) is 0.143. The molecule has 20 heavy (non-hydrogen) atoms. The highest BCUT2D eigenvalue weighted by atomic mass is 79.9. The van der Waals surface area contributed by atoms with Crippen molar-refractivity contribution in [3.8, 4) is 21.7 Å². The lowest BCUT2D eigenvalue weighted by Gasteiger charge is -2.02. The first-order valence-electron chi connectivity index (χ1n) is 6.01. The number of aryl methyl sites for hydroxylation is 2. The zero-order valence-corrected chi connectivity index (χ0v) is 13.4. The van der Waals surface area contributed by atoms with Crippen LogP contribution in [0.3, 0.4) is 0 Å². The number of nitrogens with zero attached hydrogens (tertiary/aromatic N) is 2. The Labute approximate surface area is 128 Å². The van der Waals surface area contributed by atoms with Crippen molar-refractivity contribution in [1.82, 2.24) is 10.1 Å². The molecule has 0 aliphatic heterocycles. The van der Waals surface area contributed by atoms with Gasteiger partial charge >= 0.3 is 0 Å². The quantitative estimate of drug-likeness (QED) is 0.743. The molecule has 0 saturated carbocycles. The summed E-state index contributed by atoms with van der Waals surface area (Å²) in [5, 5.41) is 5.12. The third-order valence-electron chi connectivity index (χ3n) is 2.97. The van der Waals surface area contributed by atoms with E-state index in [4.69, 9.17) is 10.3 Å². The van der Waals surface area contributed by atoms with E-state index in [9.17, 15) is 0 Å². The molecule has 2 heterocycles. The summed E-state index contributed by atoms with van der Waals surface area (Å²) in [5.41, 5.74) is 9.45. The van der Waals surface area contributed by atoms with Crippen molar-refractivity contribution in [2.24, 2.45) is 0 Å². The van der Waals surface area contributed by atoms with Crippen LogP contribution in [0.2, 0.25) is 0 Å². The normalized spacial score (nSPS) is 10.9. The summed E-state index contributed by atoms with van der Waals surface area (Å²) in [7, 11) is 0. The minimum atomic E-state index is 0.327. The fourth-order valence-electron chi connectivity index (χ4n) is 2.10. The summed E-state index contributed by atoms with van der Waals surface area (Å²) in [6.45, 7) is 3.94. The zero-order chi connectivity index (χ0) is 14.3. The molecule has 2 N–H and O–H groups in total. The van der Waals surface area contributed by atoms with Crippen LogP contribution in [-0.4, -0.2) is 10.1 Å². The first-order valence-corrected chi connectivity index (χ1v) is 7.62. The van der Waals surface area contributed by atoms with Crippen molar-refractivity contribution >= 4 is 33.2 Å². The standard InChI is InChI=1S/C14H12BrN3OS/c1-7-13(20-8(2)17-7)12-11(14(16)19-18-12)9-3-5-10(15)6-4-9/h3-6H,16H2,1-2H3. The molecule has 0 radical (unpaired) electrons. The highest BCUT2D eigenvalue weighted by Gasteiger charge is 2.21. The molecule has 0 fully saturated rings. The summed E-state index contributed by atoms with van der Waals surface area (Å²) in [5.74, 6) is 0.327. The molecule has 0 aliphatic rings. The number of hydrogen-bond donors (Lipinski definition) is 1. The van der Waals surface area contributed by atoms with Gasteiger partial charge in [-0.2, -0.15) is 0 Å². The maximum absolute atomic E-state index is 5.95. The van der Waals surface area contributed by atoms with Crippen LogP contribution >= 0.6 is 27.3 Å². The molecule has 0 bridgehead atoms. The Hall–Kier alpha value is -1.66. The predicted octanol–water partition coefficient (Wildman–Crippen LogP) is 4.43. The van der Waals surface area contributed by atoms with Gasteiger partial charge in [-0.1, -0.05) is 33.2 Å². The molecular formula is C14H12BrN3OS. The molecule has 2 aromatic heterocycles. The molecule has 1 aromatic carbocycles. The van der Waals surface area contributed by atoms with E-state index in [0.29, 0.717) is 5.88 Å². The summed E-state index contributed by atoms with van der Waals surface area (Å²) in [6.07, 6.45) is 0. The van der Waals surface area contributed by atoms with Gasteiger partial charge in [-0.05, 0) is 31.5 Å². The Kier molecular flexibility index (Phi) is 3.35. The molecule has 0 amide bonds. The number of anilines is 1. The fourth-order valence-corrected chi connectivity index (χ4v) is 3.28. The summed E-state index contributed by atoms with van der Waals surface area (Å²) < 4.78 is 6.21. The number of nitrogen functional groups attached to an aromatic ring is 1. The predicted molar refractivity (Wildman–Crippen MR) is 84.6 cm³/mol. The second kappa shape index (κ2) is 5.03. The molecule has 6 heteroatoms. The van der Waals surface area contributed by atoms with E-state index in [-0.39, 0.29) is 0 Å². The first kappa shape index (κ1) is 13.3. The third-order valence-corrected chi connectivity index (χ3v) is 4.58. The SMILES string of the molecule is Cc1nc(C)c(-c2noc(N)c2-c2ccc(Br)cc2)s1. The number of hydrogen-bond acceptors (Lipinski definition) is 5. The van der Waals surface area contributed by atoms with Crippen molar-refractivity contribution < 1.29 is 4.52 Å². The van der Waals surface area contributed by atoms with Gasteiger partial charge in [0.1, 0.15) is 5.69 Å². The van der Waals surface area contributed by atoms with Crippen molar-refractivity contribution in [1.29, 1.82) is 0 Å². The van der Waals surface area contributed by atoms with Crippen molar-refractivity contribution in [2.45, 2.75) is 13.8 Å². The van der Waals surface area contributed by atoms with Crippen LogP contribution in [0.5, 0.6) is 0 Å². The summed E-state index contributed by atoms with van der Waals surface area (Å²) in [6, 6.07) is 7.91. The van der Waals surface area contributed by atoms with Gasteiger partial charge in [-0.15, -0.1) is 11.3 Å². The Morgan fingerprint density at radius 1 is 1.20 bits per heavy atom. The van der Waals surface area contributed by atoms with E-state index in [1.807, 2.05) is 38.1 Å². The van der Waals surface area contributed by atoms with E-state index in [0.717, 1.165) is 36.9 Å². The highest BCUT2D eigenvalue weighted by molar-refractivity contribution is 9.10. The van der Waals surface area contributed by atoms with Gasteiger partial charge in [-0.25, -0.2) is 4.98 Å². The second-order valence-corrected chi connectivity index (χ2v) is 6.54. The molecule has 0 unspecified atom stereocenters. The van der Waals surface area contributed by atoms with Gasteiger partial charge in [0.2, 0.25) is 5.88 Å². The summed E-state index contributed by atoms with van der Waals surface area (Å²) in [4.78, 5) is 5.43. The van der Waals surface area contributed by atoms with Crippen LogP contribution in [0.15, 0.2) is 33.3 Å². The van der Waals surface area contributed by atoms with Gasteiger partial charge in [0.25, 0.3) is 0 Å². The molecule has 0 atom stereocenters. The number of aromatic nitrogens is 2. The third kappa shape index (κ3) is 2.25. The number of nitrogens with two attached hydrogens (primary N) is 1. The number of benzene rings is 1. The van der Waals surface area contributed by atoms with E-state index >= 15 is 0 Å². The van der Waals surface area contributed by atoms with Crippen LogP contribution in [0, 0.1) is 13.8 Å². The van der Waals surface area contributed by atoms with Gasteiger partial charge in [0.05, 0.1) is 21.1 Å². The number of rotatable bonds is 2. The van der Waals surface area contributed by atoms with Crippen LogP contribution in [-0.2, 0) is 0 Å². The number of thiazole rings is 1. The number of halogens is 1. The highest BCUT2D eigenvalue weighted by Crippen LogP contribution is 2.40. The van der Waals surface area contributed by atoms with E-state index in [2.05, 4.69) is 26.1 Å². The average Bonchev–Trinajstić information content (AvgIpc) is 2.93.